The van der Waals surface area contributed by atoms with E-state index in [9.17, 15) is 4.79 Å². The molecule has 0 saturated heterocycles. The van der Waals surface area contributed by atoms with Gasteiger partial charge in [0.25, 0.3) is 0 Å². The molecule has 0 atom stereocenters. The summed E-state index contributed by atoms with van der Waals surface area (Å²) in [6.45, 7) is 0.534. The zero-order valence-electron chi connectivity index (χ0n) is 18.0. The van der Waals surface area contributed by atoms with E-state index in [1.165, 1.54) is 10.9 Å². The van der Waals surface area contributed by atoms with Crippen LogP contribution in [-0.4, -0.2) is 30.5 Å². The number of aromatic amines is 1. The molecule has 3 aromatic carbocycles. The van der Waals surface area contributed by atoms with Crippen molar-refractivity contribution in [2.24, 2.45) is 4.99 Å². The van der Waals surface area contributed by atoms with Gasteiger partial charge in [-0.1, -0.05) is 48.5 Å². The quantitative estimate of drug-likeness (QED) is 0.300. The Morgan fingerprint density at radius 2 is 1.72 bits per heavy atom. The predicted octanol–water partition coefficient (Wildman–Crippen LogP) is 4.55. The van der Waals surface area contributed by atoms with Gasteiger partial charge in [-0.2, -0.15) is 0 Å². The van der Waals surface area contributed by atoms with Gasteiger partial charge in [-0.25, -0.2) is 0 Å². The minimum Gasteiger partial charge on any atom is -0.497 e. The first-order valence-corrected chi connectivity index (χ1v) is 10.6. The van der Waals surface area contributed by atoms with E-state index in [1.807, 2.05) is 72.9 Å². The van der Waals surface area contributed by atoms with Crippen LogP contribution in [0.25, 0.3) is 10.9 Å². The van der Waals surface area contributed by atoms with Gasteiger partial charge in [-0.05, 0) is 47.9 Å². The highest BCUT2D eigenvalue weighted by molar-refractivity contribution is 6.04. The number of carbonyl (C=O) groups excluding carboxylic acids is 1. The van der Waals surface area contributed by atoms with Gasteiger partial charge >= 0.3 is 0 Å². The highest BCUT2D eigenvalue weighted by atomic mass is 16.5. The minimum absolute atomic E-state index is 0.122. The predicted molar refractivity (Wildman–Crippen MR) is 129 cm³/mol. The van der Waals surface area contributed by atoms with Crippen LogP contribution in [0.1, 0.15) is 11.1 Å². The van der Waals surface area contributed by atoms with E-state index in [4.69, 9.17) is 4.74 Å². The van der Waals surface area contributed by atoms with Crippen LogP contribution in [0, 0.1) is 0 Å². The third-order valence-electron chi connectivity index (χ3n) is 5.14. The number of nitrogens with one attached hydrogen (secondary N) is 3. The number of para-hydroxylation sites is 1. The van der Waals surface area contributed by atoms with Gasteiger partial charge in [0, 0.05) is 29.3 Å². The molecule has 0 aliphatic heterocycles. The first kappa shape index (κ1) is 21.2. The number of anilines is 1. The number of hydrogen-bond acceptors (Lipinski definition) is 3. The topological polar surface area (TPSA) is 78.5 Å². The number of aromatic nitrogens is 1. The van der Waals surface area contributed by atoms with Crippen molar-refractivity contribution >= 4 is 28.5 Å². The molecular weight excluding hydrogens is 400 g/mol. The van der Waals surface area contributed by atoms with Crippen molar-refractivity contribution in [2.75, 3.05) is 19.0 Å². The molecule has 0 radical (unpaired) electrons. The number of rotatable bonds is 7. The molecule has 3 N–H and O–H groups in total. The lowest BCUT2D eigenvalue weighted by Gasteiger charge is -2.12. The summed E-state index contributed by atoms with van der Waals surface area (Å²) in [5.74, 6) is 1.07. The third-order valence-corrected chi connectivity index (χ3v) is 5.14. The number of amides is 1. The minimum atomic E-state index is -0.122. The Morgan fingerprint density at radius 3 is 2.50 bits per heavy atom. The second-order valence-electron chi connectivity index (χ2n) is 7.40. The Hall–Kier alpha value is -4.06. The van der Waals surface area contributed by atoms with Crippen LogP contribution in [0.15, 0.2) is 90.1 Å². The number of guanidine groups is 1. The highest BCUT2D eigenvalue weighted by Crippen LogP contribution is 2.18. The number of aliphatic imine (C=N–C) groups is 1. The number of benzene rings is 3. The van der Waals surface area contributed by atoms with E-state index >= 15 is 0 Å². The molecule has 1 heterocycles. The molecule has 32 heavy (non-hydrogen) atoms. The molecule has 4 rings (SSSR count). The zero-order chi connectivity index (χ0) is 22.2. The summed E-state index contributed by atoms with van der Waals surface area (Å²) >= 11 is 0. The second kappa shape index (κ2) is 10.3. The van der Waals surface area contributed by atoms with Crippen LogP contribution in [0.4, 0.5) is 5.69 Å². The van der Waals surface area contributed by atoms with Crippen molar-refractivity contribution in [2.45, 2.75) is 12.8 Å². The summed E-state index contributed by atoms with van der Waals surface area (Å²) in [6, 6.07) is 25.3. The van der Waals surface area contributed by atoms with E-state index in [0.717, 1.165) is 28.9 Å². The maximum Gasteiger partial charge on any atom is 0.231 e. The molecule has 1 amide bonds. The van der Waals surface area contributed by atoms with Crippen LogP contribution < -0.4 is 15.4 Å². The smallest absolute Gasteiger partial charge is 0.231 e. The van der Waals surface area contributed by atoms with Crippen molar-refractivity contribution in [1.29, 1.82) is 0 Å². The molecule has 4 aromatic rings. The standard InChI is InChI=1S/C26H26N4O2/c1-32-22-13-11-21(12-14-22)29-26(30-25(31)17-19-7-3-2-4-8-19)27-16-15-20-18-28-24-10-6-5-9-23(20)24/h2-14,18,28H,15-17H2,1H3,(H2,27,29,30,31). The van der Waals surface area contributed by atoms with Gasteiger partial charge in [0.2, 0.25) is 11.9 Å². The number of carbonyl (C=O) groups is 1. The van der Waals surface area contributed by atoms with Gasteiger partial charge in [-0.15, -0.1) is 0 Å². The Bertz CT molecular complexity index is 1200. The van der Waals surface area contributed by atoms with Crippen molar-refractivity contribution < 1.29 is 9.53 Å². The average Bonchev–Trinajstić information content (AvgIpc) is 3.23. The number of nitrogens with zero attached hydrogens (tertiary/aromatic N) is 1. The first-order chi connectivity index (χ1) is 15.7. The van der Waals surface area contributed by atoms with Crippen molar-refractivity contribution in [3.05, 3.63) is 96.2 Å². The third kappa shape index (κ3) is 5.55. The summed E-state index contributed by atoms with van der Waals surface area (Å²) in [5, 5.41) is 7.33. The molecule has 6 heteroatoms. The molecule has 0 unspecified atom stereocenters. The Kier molecular flexibility index (Phi) is 6.82. The van der Waals surface area contributed by atoms with Gasteiger partial charge in [0.1, 0.15) is 5.75 Å². The van der Waals surface area contributed by atoms with Crippen molar-refractivity contribution in [3.8, 4) is 5.75 Å². The summed E-state index contributed by atoms with van der Waals surface area (Å²) in [4.78, 5) is 20.6. The number of methoxy groups -OCH3 is 1. The fourth-order valence-corrected chi connectivity index (χ4v) is 3.51. The molecule has 0 bridgehead atoms. The fourth-order valence-electron chi connectivity index (χ4n) is 3.51. The number of ether oxygens (including phenoxy) is 1. The Morgan fingerprint density at radius 1 is 0.969 bits per heavy atom. The summed E-state index contributed by atoms with van der Waals surface area (Å²) in [6.07, 6.45) is 3.06. The van der Waals surface area contributed by atoms with Gasteiger partial charge in [0.05, 0.1) is 13.5 Å². The molecule has 0 spiro atoms. The molecule has 0 saturated carbocycles. The maximum absolute atomic E-state index is 12.6. The number of H-pyrrole nitrogens is 1. The fraction of sp³-hybridized carbons (Fsp3) is 0.154. The van der Waals surface area contributed by atoms with Crippen LogP contribution >= 0.6 is 0 Å². The summed E-state index contributed by atoms with van der Waals surface area (Å²) in [5.41, 5.74) is 4.08. The van der Waals surface area contributed by atoms with Crippen molar-refractivity contribution in [3.63, 3.8) is 0 Å². The maximum atomic E-state index is 12.6. The van der Waals surface area contributed by atoms with Gasteiger partial charge in [0.15, 0.2) is 0 Å². The molecule has 0 aliphatic carbocycles. The summed E-state index contributed by atoms with van der Waals surface area (Å²) in [7, 11) is 1.63. The second-order valence-corrected chi connectivity index (χ2v) is 7.40. The van der Waals surface area contributed by atoms with E-state index in [0.29, 0.717) is 12.5 Å². The lowest BCUT2D eigenvalue weighted by atomic mass is 10.1. The summed E-state index contributed by atoms with van der Waals surface area (Å²) < 4.78 is 5.22. The van der Waals surface area contributed by atoms with Crippen molar-refractivity contribution in [1.82, 2.24) is 10.3 Å². The van der Waals surface area contributed by atoms with E-state index in [-0.39, 0.29) is 12.3 Å². The van der Waals surface area contributed by atoms with E-state index in [1.54, 1.807) is 7.11 Å². The van der Waals surface area contributed by atoms with Crippen LogP contribution in [-0.2, 0) is 17.6 Å². The monoisotopic (exact) mass is 426 g/mol. The lowest BCUT2D eigenvalue weighted by Crippen LogP contribution is -2.37. The van der Waals surface area contributed by atoms with Crippen LogP contribution in [0.2, 0.25) is 0 Å². The molecule has 162 valence electrons. The first-order valence-electron chi connectivity index (χ1n) is 10.6. The highest BCUT2D eigenvalue weighted by Gasteiger charge is 2.09. The number of fused-ring (bicyclic) bond motifs is 1. The largest absolute Gasteiger partial charge is 0.497 e. The zero-order valence-corrected chi connectivity index (χ0v) is 18.0. The molecular formula is C26H26N4O2. The normalized spacial score (nSPS) is 11.3. The Labute approximate surface area is 187 Å². The van der Waals surface area contributed by atoms with Gasteiger partial charge in [-0.3, -0.25) is 15.1 Å². The van der Waals surface area contributed by atoms with Gasteiger partial charge < -0.3 is 15.0 Å². The SMILES string of the molecule is COc1ccc(NC(=NCCc2c[nH]c3ccccc23)NC(=O)Cc2ccccc2)cc1. The van der Waals surface area contributed by atoms with E-state index < -0.39 is 0 Å². The Balaban J connectivity index is 1.46. The van der Waals surface area contributed by atoms with Crippen LogP contribution in [0.5, 0.6) is 5.75 Å². The number of hydrogen-bond donors (Lipinski definition) is 3. The van der Waals surface area contributed by atoms with E-state index in [2.05, 4.69) is 32.7 Å². The average molecular weight is 427 g/mol. The molecule has 1 aromatic heterocycles. The molecule has 0 aliphatic rings. The lowest BCUT2D eigenvalue weighted by molar-refractivity contribution is -0.119. The van der Waals surface area contributed by atoms with Crippen LogP contribution in [0.3, 0.4) is 0 Å². The molecule has 0 fully saturated rings. The molecule has 6 nitrogen and oxygen atoms in total.